The summed E-state index contributed by atoms with van der Waals surface area (Å²) >= 11 is 8.79. The molecular weight excluding hydrogens is 538 g/mol. The SMILES string of the molecule is CCN(C(=O)c1cccc(NC(=S)NC(=O)c2cc(Br)ccc2OCCC(C)C)c1)c1ccccc1. The van der Waals surface area contributed by atoms with Gasteiger partial charge in [-0.1, -0.05) is 54.0 Å². The lowest BCUT2D eigenvalue weighted by molar-refractivity contribution is 0.0969. The largest absolute Gasteiger partial charge is 0.493 e. The number of nitrogens with zero attached hydrogens (tertiary/aromatic N) is 1. The second-order valence-corrected chi connectivity index (χ2v) is 9.87. The number of para-hydroxylation sites is 1. The molecule has 36 heavy (non-hydrogen) atoms. The van der Waals surface area contributed by atoms with Crippen molar-refractivity contribution in [3.63, 3.8) is 0 Å². The molecule has 8 heteroatoms. The second-order valence-electron chi connectivity index (χ2n) is 8.55. The van der Waals surface area contributed by atoms with E-state index in [1.54, 1.807) is 41.3 Å². The van der Waals surface area contributed by atoms with Crippen molar-refractivity contribution in [2.45, 2.75) is 27.2 Å². The monoisotopic (exact) mass is 567 g/mol. The first-order valence-corrected chi connectivity index (χ1v) is 13.0. The third-order valence-corrected chi connectivity index (χ3v) is 6.06. The quantitative estimate of drug-likeness (QED) is 0.282. The molecule has 2 N–H and O–H groups in total. The average Bonchev–Trinajstić information content (AvgIpc) is 2.85. The average molecular weight is 569 g/mol. The van der Waals surface area contributed by atoms with Crippen molar-refractivity contribution in [2.24, 2.45) is 5.92 Å². The Kier molecular flexibility index (Phi) is 10.0. The second kappa shape index (κ2) is 13.2. The molecule has 3 aromatic rings. The van der Waals surface area contributed by atoms with Crippen molar-refractivity contribution in [3.05, 3.63) is 88.4 Å². The molecule has 0 aliphatic carbocycles. The maximum Gasteiger partial charge on any atom is 0.261 e. The molecule has 0 unspecified atom stereocenters. The molecule has 3 rings (SSSR count). The molecule has 0 aromatic heterocycles. The standard InChI is InChI=1S/C28H30BrN3O3S/c1-4-32(23-11-6-5-7-12-23)27(34)20-9-8-10-22(17-20)30-28(36)31-26(33)24-18-21(29)13-14-25(24)35-16-15-19(2)3/h5-14,17-19H,4,15-16H2,1-3H3,(H2,30,31,33,36). The van der Waals surface area contributed by atoms with Gasteiger partial charge in [-0.2, -0.15) is 0 Å². The number of ether oxygens (including phenoxy) is 1. The van der Waals surface area contributed by atoms with Gasteiger partial charge in [0.25, 0.3) is 11.8 Å². The van der Waals surface area contributed by atoms with Crippen LogP contribution in [0.1, 0.15) is 47.9 Å². The summed E-state index contributed by atoms with van der Waals surface area (Å²) < 4.78 is 6.61. The van der Waals surface area contributed by atoms with Crippen LogP contribution >= 0.6 is 28.1 Å². The van der Waals surface area contributed by atoms with E-state index < -0.39 is 0 Å². The third-order valence-electron chi connectivity index (χ3n) is 5.36. The Morgan fingerprint density at radius 3 is 2.47 bits per heavy atom. The number of carbonyl (C=O) groups is 2. The van der Waals surface area contributed by atoms with Crippen molar-refractivity contribution < 1.29 is 14.3 Å². The lowest BCUT2D eigenvalue weighted by atomic mass is 10.1. The molecule has 3 aromatic carbocycles. The van der Waals surface area contributed by atoms with Crippen LogP contribution in [-0.2, 0) is 0 Å². The Morgan fingerprint density at radius 1 is 1.03 bits per heavy atom. The number of nitrogens with one attached hydrogen (secondary N) is 2. The van der Waals surface area contributed by atoms with Crippen LogP contribution in [-0.4, -0.2) is 30.1 Å². The summed E-state index contributed by atoms with van der Waals surface area (Å²) in [7, 11) is 0. The van der Waals surface area contributed by atoms with E-state index in [9.17, 15) is 9.59 Å². The molecule has 0 atom stereocenters. The zero-order valence-corrected chi connectivity index (χ0v) is 23.0. The number of amides is 2. The van der Waals surface area contributed by atoms with Gasteiger partial charge in [0.1, 0.15) is 5.75 Å². The molecule has 0 spiro atoms. The van der Waals surface area contributed by atoms with Crippen LogP contribution in [0.3, 0.4) is 0 Å². The minimum Gasteiger partial charge on any atom is -0.493 e. The van der Waals surface area contributed by atoms with Gasteiger partial charge in [0.2, 0.25) is 0 Å². The van der Waals surface area contributed by atoms with Gasteiger partial charge in [-0.3, -0.25) is 14.9 Å². The predicted molar refractivity (Wildman–Crippen MR) is 153 cm³/mol. The highest BCUT2D eigenvalue weighted by Crippen LogP contribution is 2.24. The van der Waals surface area contributed by atoms with Crippen LogP contribution in [0.25, 0.3) is 0 Å². The minimum atomic E-state index is -0.387. The molecule has 188 valence electrons. The Balaban J connectivity index is 1.68. The lowest BCUT2D eigenvalue weighted by Gasteiger charge is -2.21. The van der Waals surface area contributed by atoms with E-state index in [4.69, 9.17) is 17.0 Å². The van der Waals surface area contributed by atoms with Gasteiger partial charge in [0, 0.05) is 28.0 Å². The number of rotatable bonds is 9. The smallest absolute Gasteiger partial charge is 0.261 e. The van der Waals surface area contributed by atoms with Crippen LogP contribution in [0.4, 0.5) is 11.4 Å². The normalized spacial score (nSPS) is 10.6. The number of hydrogen-bond donors (Lipinski definition) is 2. The highest BCUT2D eigenvalue weighted by Gasteiger charge is 2.18. The Bertz CT molecular complexity index is 1220. The first-order valence-electron chi connectivity index (χ1n) is 11.8. The number of hydrogen-bond acceptors (Lipinski definition) is 4. The highest BCUT2D eigenvalue weighted by atomic mass is 79.9. The van der Waals surface area contributed by atoms with E-state index in [2.05, 4.69) is 40.4 Å². The summed E-state index contributed by atoms with van der Waals surface area (Å²) in [6.07, 6.45) is 0.881. The number of thiocarbonyl (C=S) groups is 1. The van der Waals surface area contributed by atoms with Crippen LogP contribution in [0.5, 0.6) is 5.75 Å². The zero-order valence-electron chi connectivity index (χ0n) is 20.6. The lowest BCUT2D eigenvalue weighted by Crippen LogP contribution is -2.34. The summed E-state index contributed by atoms with van der Waals surface area (Å²) in [5.74, 6) is 0.475. The predicted octanol–water partition coefficient (Wildman–Crippen LogP) is 6.67. The van der Waals surface area contributed by atoms with E-state index in [1.807, 2.05) is 43.3 Å². The third kappa shape index (κ3) is 7.63. The Labute approximate surface area is 226 Å². The fourth-order valence-electron chi connectivity index (χ4n) is 3.48. The van der Waals surface area contributed by atoms with Gasteiger partial charge in [0.05, 0.1) is 12.2 Å². The van der Waals surface area contributed by atoms with E-state index in [1.165, 1.54) is 0 Å². The molecule has 0 aliphatic rings. The molecular formula is C28H30BrN3O3S. The van der Waals surface area contributed by atoms with Crippen molar-refractivity contribution in [1.82, 2.24) is 5.32 Å². The first kappa shape index (κ1) is 27.4. The van der Waals surface area contributed by atoms with Gasteiger partial charge in [-0.25, -0.2) is 0 Å². The van der Waals surface area contributed by atoms with Crippen molar-refractivity contribution in [1.29, 1.82) is 0 Å². The molecule has 6 nitrogen and oxygen atoms in total. The van der Waals surface area contributed by atoms with E-state index in [0.717, 1.165) is 16.6 Å². The zero-order chi connectivity index (χ0) is 26.1. The first-order chi connectivity index (χ1) is 17.3. The minimum absolute atomic E-state index is 0.119. The van der Waals surface area contributed by atoms with E-state index in [0.29, 0.717) is 41.6 Å². The summed E-state index contributed by atoms with van der Waals surface area (Å²) in [4.78, 5) is 27.8. The number of halogens is 1. The summed E-state index contributed by atoms with van der Waals surface area (Å²) in [6, 6.07) is 21.8. The fraction of sp³-hybridized carbons (Fsp3) is 0.250. The van der Waals surface area contributed by atoms with E-state index in [-0.39, 0.29) is 16.9 Å². The number of benzene rings is 3. The van der Waals surface area contributed by atoms with Crippen LogP contribution in [0.15, 0.2) is 77.3 Å². The summed E-state index contributed by atoms with van der Waals surface area (Å²) in [6.45, 7) is 7.21. The van der Waals surface area contributed by atoms with Gasteiger partial charge in [-0.15, -0.1) is 0 Å². The highest BCUT2D eigenvalue weighted by molar-refractivity contribution is 9.10. The molecule has 0 fully saturated rings. The van der Waals surface area contributed by atoms with Crippen molar-refractivity contribution in [3.8, 4) is 5.75 Å². The maximum absolute atomic E-state index is 13.2. The van der Waals surface area contributed by atoms with Gasteiger partial charge < -0.3 is 15.0 Å². The van der Waals surface area contributed by atoms with Gasteiger partial charge >= 0.3 is 0 Å². The number of carbonyl (C=O) groups excluding carboxylic acids is 2. The molecule has 0 saturated carbocycles. The summed E-state index contributed by atoms with van der Waals surface area (Å²) in [5, 5.41) is 5.83. The topological polar surface area (TPSA) is 70.7 Å². The summed E-state index contributed by atoms with van der Waals surface area (Å²) in [5.41, 5.74) is 2.31. The Hall–Kier alpha value is -3.23. The number of anilines is 2. The molecule has 0 radical (unpaired) electrons. The molecule has 2 amide bonds. The maximum atomic E-state index is 13.2. The van der Waals surface area contributed by atoms with Crippen molar-refractivity contribution in [2.75, 3.05) is 23.4 Å². The van der Waals surface area contributed by atoms with Crippen LogP contribution in [0.2, 0.25) is 0 Å². The molecule has 0 aliphatic heterocycles. The Morgan fingerprint density at radius 2 is 1.78 bits per heavy atom. The fourth-order valence-corrected chi connectivity index (χ4v) is 4.05. The van der Waals surface area contributed by atoms with Crippen molar-refractivity contribution >= 4 is 56.4 Å². The molecule has 0 heterocycles. The molecule has 0 saturated heterocycles. The molecule has 0 bridgehead atoms. The van der Waals surface area contributed by atoms with Gasteiger partial charge in [-0.05, 0) is 80.0 Å². The van der Waals surface area contributed by atoms with E-state index >= 15 is 0 Å². The van der Waals surface area contributed by atoms with Crippen LogP contribution < -0.4 is 20.3 Å². The van der Waals surface area contributed by atoms with Gasteiger partial charge in [0.15, 0.2) is 5.11 Å². The van der Waals surface area contributed by atoms with Crippen LogP contribution in [0, 0.1) is 5.92 Å².